The van der Waals surface area contributed by atoms with Gasteiger partial charge in [0.15, 0.2) is 0 Å². The molecule has 2 atom stereocenters. The zero-order chi connectivity index (χ0) is 33.4. The highest BCUT2D eigenvalue weighted by Crippen LogP contribution is 2.40. The topological polar surface area (TPSA) is 70.1 Å². The van der Waals surface area contributed by atoms with Gasteiger partial charge >= 0.3 is 0 Å². The van der Waals surface area contributed by atoms with Gasteiger partial charge in [-0.25, -0.2) is 0 Å². The van der Waals surface area contributed by atoms with E-state index in [1.807, 2.05) is 50.4 Å². The lowest BCUT2D eigenvalue weighted by atomic mass is 10.1. The SMILES string of the molecule is C#CN=CN(C)CC1(c2ccc(Cl)cc2Cl)OCC(COc2ccc(N3CCN(c4ccc(N(/C=C\C)C(C)=O)cc4)CC3)cc2)O1. The Labute approximate surface area is 286 Å². The maximum absolute atomic E-state index is 12.0. The quantitative estimate of drug-likeness (QED) is 0.132. The Balaban J connectivity index is 1.15. The predicted molar refractivity (Wildman–Crippen MR) is 190 cm³/mol. The fraction of sp³-hybridized carbons (Fsp3) is 0.333. The molecule has 47 heavy (non-hydrogen) atoms. The van der Waals surface area contributed by atoms with E-state index < -0.39 is 5.79 Å². The van der Waals surface area contributed by atoms with Gasteiger partial charge in [0.05, 0.1) is 18.2 Å². The molecule has 0 aliphatic carbocycles. The first-order chi connectivity index (χ1) is 22.7. The van der Waals surface area contributed by atoms with E-state index >= 15 is 0 Å². The minimum atomic E-state index is -1.15. The summed E-state index contributed by atoms with van der Waals surface area (Å²) in [6.07, 6.45) is 10.1. The first kappa shape index (κ1) is 34.1. The standard InChI is InChI=1S/C36H39Cl2N5O4/c1-5-17-43(27(3)44)31-10-8-29(9-11-31)41-18-20-42(21-19-41)30-12-14-32(15-13-30)45-23-33-24-46-36(47-33,25-40(4)26-39-6-2)34-16-7-28(37)22-35(34)38/h2,5,7-17,22,26,33H,18-21,23-25H2,1,3-4H3/b17-5-,39-26?. The van der Waals surface area contributed by atoms with Crippen LogP contribution in [0.15, 0.2) is 84.0 Å². The third kappa shape index (κ3) is 8.40. The van der Waals surface area contributed by atoms with Gasteiger partial charge in [-0.2, -0.15) is 4.99 Å². The highest BCUT2D eigenvalue weighted by molar-refractivity contribution is 6.35. The summed E-state index contributed by atoms with van der Waals surface area (Å²) in [6.45, 7) is 7.95. The van der Waals surface area contributed by atoms with Crippen molar-refractivity contribution in [2.75, 3.05) is 67.7 Å². The Hall–Kier alpha value is -4.20. The molecule has 3 aromatic carbocycles. The van der Waals surface area contributed by atoms with Gasteiger partial charge in [-0.15, -0.1) is 0 Å². The summed E-state index contributed by atoms with van der Waals surface area (Å²) >= 11 is 12.7. The number of aliphatic imine (C=N–C) groups is 1. The molecule has 2 aliphatic rings. The molecule has 2 fully saturated rings. The van der Waals surface area contributed by atoms with Crippen LogP contribution in [-0.2, 0) is 20.1 Å². The third-order valence-electron chi connectivity index (χ3n) is 8.04. The molecule has 2 aliphatic heterocycles. The molecule has 3 aromatic rings. The monoisotopic (exact) mass is 675 g/mol. The van der Waals surface area contributed by atoms with E-state index in [4.69, 9.17) is 43.8 Å². The number of ether oxygens (including phenoxy) is 3. The lowest BCUT2D eigenvalue weighted by molar-refractivity contribution is -0.184. The van der Waals surface area contributed by atoms with Gasteiger partial charge < -0.3 is 28.9 Å². The van der Waals surface area contributed by atoms with Crippen LogP contribution in [0.1, 0.15) is 19.4 Å². The van der Waals surface area contributed by atoms with Crippen LogP contribution in [0.2, 0.25) is 10.0 Å². The molecule has 2 unspecified atom stereocenters. The second-order valence-electron chi connectivity index (χ2n) is 11.4. The maximum Gasteiger partial charge on any atom is 0.227 e. The Morgan fingerprint density at radius 2 is 1.70 bits per heavy atom. The van der Waals surface area contributed by atoms with Crippen LogP contribution in [0.4, 0.5) is 17.1 Å². The predicted octanol–water partition coefficient (Wildman–Crippen LogP) is 6.40. The van der Waals surface area contributed by atoms with Crippen LogP contribution in [0.25, 0.3) is 0 Å². The second kappa shape index (κ2) is 15.6. The van der Waals surface area contributed by atoms with Gasteiger partial charge in [0.25, 0.3) is 0 Å². The zero-order valence-corrected chi connectivity index (χ0v) is 28.3. The summed E-state index contributed by atoms with van der Waals surface area (Å²) in [7, 11) is 1.83. The fourth-order valence-electron chi connectivity index (χ4n) is 5.77. The van der Waals surface area contributed by atoms with Gasteiger partial charge in [0.1, 0.15) is 24.8 Å². The number of carbonyl (C=O) groups excluding carboxylic acids is 1. The zero-order valence-electron chi connectivity index (χ0n) is 26.8. The van der Waals surface area contributed by atoms with Crippen LogP contribution in [0.3, 0.4) is 0 Å². The van der Waals surface area contributed by atoms with E-state index in [0.29, 0.717) is 35.4 Å². The number of halogens is 2. The number of carbonyl (C=O) groups is 1. The average molecular weight is 677 g/mol. The van der Waals surface area contributed by atoms with Gasteiger partial charge in [-0.05, 0) is 67.6 Å². The van der Waals surface area contributed by atoms with Gasteiger partial charge in [0, 0.05) is 80.0 Å². The van der Waals surface area contributed by atoms with Crippen molar-refractivity contribution >= 4 is 52.5 Å². The number of benzene rings is 3. The van der Waals surface area contributed by atoms with Crippen molar-refractivity contribution in [2.24, 2.45) is 4.99 Å². The smallest absolute Gasteiger partial charge is 0.227 e. The van der Waals surface area contributed by atoms with E-state index in [2.05, 4.69) is 45.1 Å². The molecule has 11 heteroatoms. The van der Waals surface area contributed by atoms with Gasteiger partial charge in [-0.1, -0.05) is 41.8 Å². The first-order valence-corrected chi connectivity index (χ1v) is 16.2. The van der Waals surface area contributed by atoms with Crippen molar-refractivity contribution in [1.82, 2.24) is 4.90 Å². The van der Waals surface area contributed by atoms with E-state index in [-0.39, 0.29) is 12.0 Å². The Morgan fingerprint density at radius 1 is 1.06 bits per heavy atom. The number of hydrogen-bond donors (Lipinski definition) is 0. The number of rotatable bonds is 11. The number of terminal acetylenes is 1. The van der Waals surface area contributed by atoms with Crippen LogP contribution < -0.4 is 19.4 Å². The highest BCUT2D eigenvalue weighted by Gasteiger charge is 2.45. The van der Waals surface area contributed by atoms with Crippen LogP contribution in [0.5, 0.6) is 5.75 Å². The number of nitrogens with zero attached hydrogens (tertiary/aromatic N) is 5. The molecule has 9 nitrogen and oxygen atoms in total. The molecule has 246 valence electrons. The number of allylic oxidation sites excluding steroid dienone is 1. The number of likely N-dealkylation sites (N-methyl/N-ethyl adjacent to an activating group) is 1. The van der Waals surface area contributed by atoms with Crippen molar-refractivity contribution in [3.05, 3.63) is 94.6 Å². The third-order valence-corrected chi connectivity index (χ3v) is 8.58. The van der Waals surface area contributed by atoms with Crippen molar-refractivity contribution in [3.8, 4) is 18.2 Å². The number of anilines is 3. The molecule has 0 bridgehead atoms. The summed E-state index contributed by atoms with van der Waals surface area (Å²) in [5.74, 6) is -0.427. The molecule has 5 rings (SSSR count). The lowest BCUT2D eigenvalue weighted by Crippen LogP contribution is -2.46. The normalized spacial score (nSPS) is 19.7. The molecular formula is C36H39Cl2N5O4. The summed E-state index contributed by atoms with van der Waals surface area (Å²) in [5, 5.41) is 0.963. The lowest BCUT2D eigenvalue weighted by Gasteiger charge is -2.37. The molecule has 0 aromatic heterocycles. The van der Waals surface area contributed by atoms with Gasteiger partial charge in [-0.3, -0.25) is 9.69 Å². The minimum absolute atomic E-state index is 0.0185. The minimum Gasteiger partial charge on any atom is -0.491 e. The van der Waals surface area contributed by atoms with E-state index in [0.717, 1.165) is 49.0 Å². The highest BCUT2D eigenvalue weighted by atomic mass is 35.5. The van der Waals surface area contributed by atoms with Crippen molar-refractivity contribution in [1.29, 1.82) is 0 Å². The summed E-state index contributed by atoms with van der Waals surface area (Å²) in [5.41, 5.74) is 3.81. The summed E-state index contributed by atoms with van der Waals surface area (Å²) in [6, 6.07) is 23.8. The van der Waals surface area contributed by atoms with Crippen LogP contribution in [0, 0.1) is 12.5 Å². The molecular weight excluding hydrogens is 637 g/mol. The van der Waals surface area contributed by atoms with E-state index in [9.17, 15) is 4.79 Å². The summed E-state index contributed by atoms with van der Waals surface area (Å²) in [4.78, 5) is 24.0. The number of hydrogen-bond acceptors (Lipinski definition) is 7. The molecule has 0 saturated carbocycles. The summed E-state index contributed by atoms with van der Waals surface area (Å²) < 4.78 is 18.9. The van der Waals surface area contributed by atoms with Crippen molar-refractivity contribution < 1.29 is 19.0 Å². The van der Waals surface area contributed by atoms with Crippen LogP contribution >= 0.6 is 23.2 Å². The van der Waals surface area contributed by atoms with Crippen molar-refractivity contribution in [2.45, 2.75) is 25.7 Å². The first-order valence-electron chi connectivity index (χ1n) is 15.4. The molecule has 2 saturated heterocycles. The second-order valence-corrected chi connectivity index (χ2v) is 12.2. The largest absolute Gasteiger partial charge is 0.491 e. The average Bonchev–Trinajstić information content (AvgIpc) is 3.48. The number of piperazine rings is 1. The molecule has 1 amide bonds. The van der Waals surface area contributed by atoms with E-state index in [1.54, 1.807) is 35.1 Å². The Kier molecular flexibility index (Phi) is 11.3. The van der Waals surface area contributed by atoms with E-state index in [1.165, 1.54) is 6.34 Å². The maximum atomic E-state index is 12.0. The van der Waals surface area contributed by atoms with Crippen molar-refractivity contribution in [3.63, 3.8) is 0 Å². The van der Waals surface area contributed by atoms with Gasteiger partial charge in [0.2, 0.25) is 11.7 Å². The molecule has 0 N–H and O–H groups in total. The Bertz CT molecular complexity index is 1620. The molecule has 2 heterocycles. The molecule has 0 spiro atoms. The molecule has 0 radical (unpaired) electrons. The Morgan fingerprint density at radius 3 is 2.28 bits per heavy atom. The number of amides is 1. The van der Waals surface area contributed by atoms with Crippen LogP contribution in [-0.4, -0.2) is 76.2 Å². The fourth-order valence-corrected chi connectivity index (χ4v) is 6.32.